The van der Waals surface area contributed by atoms with Crippen molar-refractivity contribution in [3.8, 4) is 0 Å². The molecule has 1 aromatic carbocycles. The number of piperazine rings is 1. The lowest BCUT2D eigenvalue weighted by Crippen LogP contribution is -2.50. The maximum absolute atomic E-state index is 12.7. The van der Waals surface area contributed by atoms with E-state index in [2.05, 4.69) is 0 Å². The standard InChI is InChI=1S/C15H16N4O4/c1-11-14(15(21)17-8-6-16(10-20)7-9-17)19(23)13-5-3-2-4-12(13)18(11)22/h2-5,10H,6-9H2,1H3. The van der Waals surface area contributed by atoms with Crippen molar-refractivity contribution in [3.05, 3.63) is 45.8 Å². The molecule has 2 heterocycles. The highest BCUT2D eigenvalue weighted by atomic mass is 16.5. The van der Waals surface area contributed by atoms with Gasteiger partial charge in [0, 0.05) is 37.2 Å². The first-order valence-electron chi connectivity index (χ1n) is 7.27. The third-order valence-electron chi connectivity index (χ3n) is 4.12. The Balaban J connectivity index is 2.05. The molecule has 0 unspecified atom stereocenters. The van der Waals surface area contributed by atoms with Gasteiger partial charge < -0.3 is 19.7 Å². The summed E-state index contributed by atoms with van der Waals surface area (Å²) in [6, 6.07) is 6.36. The summed E-state index contributed by atoms with van der Waals surface area (Å²) in [5.74, 6) is -0.488. The van der Waals surface area contributed by atoms with Gasteiger partial charge in [0.25, 0.3) is 5.52 Å². The molecule has 1 saturated heterocycles. The highest BCUT2D eigenvalue weighted by Gasteiger charge is 2.32. The second-order valence-electron chi connectivity index (χ2n) is 5.45. The van der Waals surface area contributed by atoms with Crippen molar-refractivity contribution in [3.63, 3.8) is 0 Å². The molecule has 23 heavy (non-hydrogen) atoms. The summed E-state index contributed by atoms with van der Waals surface area (Å²) in [6.07, 6.45) is 0.739. The van der Waals surface area contributed by atoms with E-state index in [1.807, 2.05) is 0 Å². The van der Waals surface area contributed by atoms with Gasteiger partial charge in [0.1, 0.15) is 5.52 Å². The molecule has 0 radical (unpaired) electrons. The van der Waals surface area contributed by atoms with Crippen LogP contribution in [0.5, 0.6) is 0 Å². The average molecular weight is 316 g/mol. The Bertz CT molecular complexity index is 837. The number of aromatic nitrogens is 2. The molecular formula is C15H16N4O4. The Labute approximate surface area is 131 Å². The molecule has 0 spiro atoms. The van der Waals surface area contributed by atoms with Crippen LogP contribution in [-0.4, -0.2) is 53.0 Å². The lowest BCUT2D eigenvalue weighted by Gasteiger charge is -2.31. The van der Waals surface area contributed by atoms with E-state index >= 15 is 0 Å². The average Bonchev–Trinajstić information content (AvgIpc) is 2.60. The van der Waals surface area contributed by atoms with Crippen molar-refractivity contribution < 1.29 is 14.0 Å². The summed E-state index contributed by atoms with van der Waals surface area (Å²) in [5.41, 5.74) is 0.282. The number of hydrogen-bond donors (Lipinski definition) is 0. The van der Waals surface area contributed by atoms with E-state index in [1.165, 1.54) is 17.9 Å². The van der Waals surface area contributed by atoms with Crippen molar-refractivity contribution >= 4 is 23.4 Å². The molecule has 8 heteroatoms. The molecule has 0 atom stereocenters. The van der Waals surface area contributed by atoms with Gasteiger partial charge in [0.2, 0.25) is 6.41 Å². The summed E-state index contributed by atoms with van der Waals surface area (Å²) >= 11 is 0. The summed E-state index contributed by atoms with van der Waals surface area (Å²) < 4.78 is 1.13. The number of carbonyl (C=O) groups is 2. The van der Waals surface area contributed by atoms with Crippen molar-refractivity contribution in [2.24, 2.45) is 0 Å². The van der Waals surface area contributed by atoms with Gasteiger partial charge in [-0.1, -0.05) is 12.1 Å². The zero-order valence-electron chi connectivity index (χ0n) is 12.6. The number of hydrogen-bond acceptors (Lipinski definition) is 4. The lowest BCUT2D eigenvalue weighted by molar-refractivity contribution is -0.469. The van der Waals surface area contributed by atoms with Gasteiger partial charge in [-0.15, -0.1) is 0 Å². The molecule has 0 bridgehead atoms. The third kappa shape index (κ3) is 2.41. The molecule has 3 rings (SSSR count). The SMILES string of the molecule is Cc1c(C(=O)N2CCN(C=O)CC2)[n+](=O)c2ccccc2n1[O-]. The van der Waals surface area contributed by atoms with Gasteiger partial charge >= 0.3 is 11.6 Å². The van der Waals surface area contributed by atoms with Crippen LogP contribution in [0, 0.1) is 17.0 Å². The lowest BCUT2D eigenvalue weighted by atomic mass is 10.2. The Morgan fingerprint density at radius 1 is 1.22 bits per heavy atom. The Morgan fingerprint density at radius 3 is 2.52 bits per heavy atom. The van der Waals surface area contributed by atoms with E-state index in [1.54, 1.807) is 23.1 Å². The molecule has 0 N–H and O–H groups in total. The molecule has 1 aromatic heterocycles. The highest BCUT2D eigenvalue weighted by molar-refractivity contribution is 5.93. The number of para-hydroxylation sites is 2. The number of nitrogens with zero attached hydrogens (tertiary/aromatic N) is 4. The molecule has 120 valence electrons. The van der Waals surface area contributed by atoms with E-state index in [-0.39, 0.29) is 22.4 Å². The van der Waals surface area contributed by atoms with Gasteiger partial charge in [0.15, 0.2) is 0 Å². The summed E-state index contributed by atoms with van der Waals surface area (Å²) in [5, 5.41) is 12.3. The number of carbonyl (C=O) groups excluding carboxylic acids is 2. The second-order valence-corrected chi connectivity index (χ2v) is 5.45. The van der Waals surface area contributed by atoms with Crippen LogP contribution in [0.25, 0.3) is 11.0 Å². The summed E-state index contributed by atoms with van der Waals surface area (Å²) in [4.78, 5) is 39.0. The maximum atomic E-state index is 12.7. The largest absolute Gasteiger partial charge is 0.805 e. The molecule has 0 aliphatic carbocycles. The second kappa shape index (κ2) is 5.71. The third-order valence-corrected chi connectivity index (χ3v) is 4.12. The normalized spacial score (nSPS) is 15.0. The van der Waals surface area contributed by atoms with Crippen LogP contribution in [0.2, 0.25) is 0 Å². The minimum absolute atomic E-state index is 0.0708. The predicted octanol–water partition coefficient (Wildman–Crippen LogP) is 0.124. The maximum Gasteiger partial charge on any atom is 0.346 e. The van der Waals surface area contributed by atoms with Crippen LogP contribution in [0.3, 0.4) is 0 Å². The molecule has 1 aliphatic heterocycles. The van der Waals surface area contributed by atoms with Crippen molar-refractivity contribution in [1.82, 2.24) is 14.5 Å². The number of benzene rings is 1. The molecule has 8 nitrogen and oxygen atoms in total. The van der Waals surface area contributed by atoms with Crippen LogP contribution in [0.15, 0.2) is 24.3 Å². The minimum atomic E-state index is -0.488. The van der Waals surface area contributed by atoms with Crippen LogP contribution < -0.4 is 4.43 Å². The number of fused-ring (bicyclic) bond motifs is 1. The first-order chi connectivity index (χ1) is 11.0. The van der Waals surface area contributed by atoms with Crippen molar-refractivity contribution in [2.75, 3.05) is 26.2 Å². The Morgan fingerprint density at radius 2 is 1.87 bits per heavy atom. The van der Waals surface area contributed by atoms with Gasteiger partial charge in [-0.25, -0.2) is 0 Å². The fourth-order valence-electron chi connectivity index (χ4n) is 2.77. The van der Waals surface area contributed by atoms with Crippen LogP contribution >= 0.6 is 0 Å². The van der Waals surface area contributed by atoms with Gasteiger partial charge in [-0.05, 0) is 13.0 Å². The van der Waals surface area contributed by atoms with Crippen LogP contribution in [0.4, 0.5) is 0 Å². The van der Waals surface area contributed by atoms with Crippen LogP contribution in [-0.2, 0) is 4.79 Å². The van der Waals surface area contributed by atoms with E-state index in [0.29, 0.717) is 35.3 Å². The van der Waals surface area contributed by atoms with E-state index < -0.39 is 5.91 Å². The molecular weight excluding hydrogens is 300 g/mol. The number of amides is 2. The highest BCUT2D eigenvalue weighted by Crippen LogP contribution is 2.15. The smallest absolute Gasteiger partial charge is 0.346 e. The first-order valence-corrected chi connectivity index (χ1v) is 7.27. The van der Waals surface area contributed by atoms with Gasteiger partial charge in [-0.3, -0.25) is 9.59 Å². The summed E-state index contributed by atoms with van der Waals surface area (Å²) in [7, 11) is 0. The van der Waals surface area contributed by atoms with Crippen LogP contribution in [0.1, 0.15) is 16.2 Å². The topological polar surface area (TPSA) is 91.6 Å². The predicted molar refractivity (Wildman–Crippen MR) is 82.3 cm³/mol. The fraction of sp³-hybridized carbons (Fsp3) is 0.333. The minimum Gasteiger partial charge on any atom is -0.805 e. The van der Waals surface area contributed by atoms with Crippen molar-refractivity contribution in [1.29, 1.82) is 0 Å². The van der Waals surface area contributed by atoms with Crippen molar-refractivity contribution in [2.45, 2.75) is 6.92 Å². The fourth-order valence-corrected chi connectivity index (χ4v) is 2.77. The van der Waals surface area contributed by atoms with E-state index in [0.717, 1.165) is 6.41 Å². The molecule has 1 fully saturated rings. The summed E-state index contributed by atoms with van der Waals surface area (Å²) in [6.45, 7) is 2.96. The van der Waals surface area contributed by atoms with E-state index in [9.17, 15) is 19.7 Å². The molecule has 2 aromatic rings. The molecule has 0 saturated carbocycles. The monoisotopic (exact) mass is 316 g/mol. The van der Waals surface area contributed by atoms with E-state index in [4.69, 9.17) is 0 Å². The number of rotatable bonds is 2. The van der Waals surface area contributed by atoms with Gasteiger partial charge in [0.05, 0.1) is 10.1 Å². The zero-order valence-corrected chi connectivity index (χ0v) is 12.6. The first kappa shape index (κ1) is 15.0. The Kier molecular flexibility index (Phi) is 3.73. The van der Waals surface area contributed by atoms with Gasteiger partial charge in [-0.2, -0.15) is 0 Å². The molecule has 1 aliphatic rings. The molecule has 2 amide bonds. The Hall–Kier alpha value is -2.90. The zero-order chi connectivity index (χ0) is 16.6. The quantitative estimate of drug-likeness (QED) is 0.581.